The second-order valence-corrected chi connectivity index (χ2v) is 6.57. The largest absolute Gasteiger partial charge is 1.00 e. The molecule has 2 rings (SSSR count). The molecule has 0 saturated carbocycles. The molecule has 0 unspecified atom stereocenters. The molecule has 0 aliphatic carbocycles. The summed E-state index contributed by atoms with van der Waals surface area (Å²) in [7, 11) is 0. The van der Waals surface area contributed by atoms with Crippen molar-refractivity contribution in [2.24, 2.45) is 0 Å². The molecule has 26 heavy (non-hydrogen) atoms. The Morgan fingerprint density at radius 3 is 0.962 bits per heavy atom. The molecule has 0 aliphatic heterocycles. The third-order valence-electron chi connectivity index (χ3n) is 2.42. The predicted molar refractivity (Wildman–Crippen MR) is 91.6 cm³/mol. The van der Waals surface area contributed by atoms with Crippen LogP contribution in [0.15, 0.2) is 24.3 Å². The second kappa shape index (κ2) is 13.9. The zero-order valence-electron chi connectivity index (χ0n) is 13.2. The van der Waals surface area contributed by atoms with Crippen molar-refractivity contribution >= 4 is 81.5 Å². The van der Waals surface area contributed by atoms with Crippen LogP contribution in [0.5, 0.6) is 0 Å². The number of aromatic carboxylic acids is 2. The monoisotopic (exact) mass is 508 g/mol. The van der Waals surface area contributed by atoms with Gasteiger partial charge >= 0.3 is 80.9 Å². The van der Waals surface area contributed by atoms with Crippen LogP contribution >= 0.6 is 69.6 Å². The van der Waals surface area contributed by atoms with Gasteiger partial charge in [-0.2, -0.15) is 0 Å². The Kier molecular flexibility index (Phi) is 16.0. The zero-order chi connectivity index (χ0) is 18.6. The van der Waals surface area contributed by atoms with Crippen molar-refractivity contribution < 1.29 is 101 Å². The fourth-order valence-electron chi connectivity index (χ4n) is 1.47. The van der Waals surface area contributed by atoms with Gasteiger partial charge < -0.3 is 19.8 Å². The third kappa shape index (κ3) is 9.05. The molecular formula is C14H4Cl6KNaO4. The van der Waals surface area contributed by atoms with E-state index in [1.54, 1.807) is 0 Å². The molecule has 4 nitrogen and oxygen atoms in total. The van der Waals surface area contributed by atoms with Gasteiger partial charge in [0, 0.05) is 21.2 Å². The van der Waals surface area contributed by atoms with Gasteiger partial charge in [0.1, 0.15) is 0 Å². The SMILES string of the molecule is O=C([O-])c1c(Cl)cc(Cl)cc1Cl.O=C([O-])c1c(Cl)cc(Cl)cc1Cl.[K+].[Na+]. The molecule has 0 N–H and O–H groups in total. The molecule has 128 valence electrons. The maximum absolute atomic E-state index is 10.4. The minimum Gasteiger partial charge on any atom is -0.545 e. The van der Waals surface area contributed by atoms with Crippen LogP contribution in [0.4, 0.5) is 0 Å². The van der Waals surface area contributed by atoms with E-state index in [0.29, 0.717) is 0 Å². The van der Waals surface area contributed by atoms with Gasteiger partial charge in [0.05, 0.1) is 32.0 Å². The van der Waals surface area contributed by atoms with E-state index in [-0.39, 0.29) is 122 Å². The molecule has 2 aromatic rings. The summed E-state index contributed by atoms with van der Waals surface area (Å²) in [5.74, 6) is -2.83. The van der Waals surface area contributed by atoms with Crippen molar-refractivity contribution in [1.82, 2.24) is 0 Å². The van der Waals surface area contributed by atoms with E-state index in [9.17, 15) is 19.8 Å². The fourth-order valence-corrected chi connectivity index (χ4v) is 3.42. The Morgan fingerprint density at radius 2 is 0.808 bits per heavy atom. The summed E-state index contributed by atoms with van der Waals surface area (Å²) in [4.78, 5) is 20.9. The number of carbonyl (C=O) groups excluding carboxylic acids is 2. The molecule has 2 aromatic carbocycles. The smallest absolute Gasteiger partial charge is 0.545 e. The standard InChI is InChI=1S/2C7H3Cl3O2.K.Na/c2*8-3-1-4(9)6(7(11)12)5(10)2-3;;/h2*1-2H,(H,11,12);;/q;;2*+1/p-2. The Balaban J connectivity index is 0. The molecule has 0 heterocycles. The molecule has 12 heteroatoms. The van der Waals surface area contributed by atoms with Crippen molar-refractivity contribution in [3.05, 3.63) is 65.5 Å². The molecule has 0 aliphatic rings. The summed E-state index contributed by atoms with van der Waals surface area (Å²) in [6.07, 6.45) is 0. The normalized spacial score (nSPS) is 9.15. The van der Waals surface area contributed by atoms with Gasteiger partial charge in [-0.3, -0.25) is 0 Å². The summed E-state index contributed by atoms with van der Waals surface area (Å²) in [5.41, 5.74) is -0.467. The van der Waals surface area contributed by atoms with Gasteiger partial charge in [-0.1, -0.05) is 69.6 Å². The van der Waals surface area contributed by atoms with Crippen molar-refractivity contribution in [2.75, 3.05) is 0 Å². The molecular weight excluding hydrogens is 507 g/mol. The van der Waals surface area contributed by atoms with E-state index in [2.05, 4.69) is 0 Å². The first-order valence-corrected chi connectivity index (χ1v) is 8.03. The fraction of sp³-hybridized carbons (Fsp3) is 0. The van der Waals surface area contributed by atoms with Crippen molar-refractivity contribution in [1.29, 1.82) is 0 Å². The van der Waals surface area contributed by atoms with Crippen molar-refractivity contribution in [2.45, 2.75) is 0 Å². The Hall–Kier alpha value is 1.76. The zero-order valence-corrected chi connectivity index (χ0v) is 22.9. The van der Waals surface area contributed by atoms with Crippen LogP contribution in [0.1, 0.15) is 20.7 Å². The number of carboxylic acid groups (broad SMARTS) is 2. The van der Waals surface area contributed by atoms with E-state index in [1.807, 2.05) is 0 Å². The Morgan fingerprint density at radius 1 is 0.615 bits per heavy atom. The minimum absolute atomic E-state index is 0. The maximum atomic E-state index is 10.4. The van der Waals surface area contributed by atoms with Gasteiger partial charge in [0.2, 0.25) is 0 Å². The predicted octanol–water partition coefficient (Wildman–Crippen LogP) is -1.97. The van der Waals surface area contributed by atoms with Crippen LogP contribution in [-0.4, -0.2) is 11.9 Å². The number of hydrogen-bond acceptors (Lipinski definition) is 4. The average molecular weight is 511 g/mol. The van der Waals surface area contributed by atoms with Gasteiger partial charge in [-0.15, -0.1) is 0 Å². The van der Waals surface area contributed by atoms with Crippen LogP contribution in [0, 0.1) is 0 Å². The van der Waals surface area contributed by atoms with E-state index in [0.717, 1.165) is 0 Å². The van der Waals surface area contributed by atoms with E-state index < -0.39 is 11.9 Å². The number of carboxylic acids is 2. The first-order valence-electron chi connectivity index (χ1n) is 5.76. The first kappa shape index (κ1) is 30.0. The first-order chi connectivity index (χ1) is 11.0. The molecule has 0 aromatic heterocycles. The molecule has 0 bridgehead atoms. The van der Waals surface area contributed by atoms with E-state index in [1.165, 1.54) is 24.3 Å². The van der Waals surface area contributed by atoms with Gasteiger partial charge in [-0.25, -0.2) is 0 Å². The van der Waals surface area contributed by atoms with Crippen molar-refractivity contribution in [3.63, 3.8) is 0 Å². The number of halogens is 6. The van der Waals surface area contributed by atoms with Crippen LogP contribution in [-0.2, 0) is 0 Å². The van der Waals surface area contributed by atoms with Crippen LogP contribution in [0.2, 0.25) is 30.1 Å². The quantitative estimate of drug-likeness (QED) is 0.439. The van der Waals surface area contributed by atoms with E-state index >= 15 is 0 Å². The van der Waals surface area contributed by atoms with Crippen LogP contribution in [0.3, 0.4) is 0 Å². The molecule has 0 saturated heterocycles. The summed E-state index contributed by atoms with van der Waals surface area (Å²) in [6, 6.07) is 5.17. The maximum Gasteiger partial charge on any atom is 1.00 e. The van der Waals surface area contributed by atoms with Crippen LogP contribution < -0.4 is 91.2 Å². The molecule has 0 fully saturated rings. The summed E-state index contributed by atoms with van der Waals surface area (Å²) in [5, 5.41) is 21.4. The summed E-state index contributed by atoms with van der Waals surface area (Å²) < 4.78 is 0. The number of carbonyl (C=O) groups is 2. The second-order valence-electron chi connectivity index (χ2n) is 4.06. The molecule has 0 atom stereocenters. The number of hydrogen-bond donors (Lipinski definition) is 0. The van der Waals surface area contributed by atoms with Gasteiger partial charge in [0.25, 0.3) is 0 Å². The Labute approximate surface area is 243 Å². The minimum atomic E-state index is -1.42. The molecule has 0 spiro atoms. The van der Waals surface area contributed by atoms with Crippen molar-refractivity contribution in [3.8, 4) is 0 Å². The summed E-state index contributed by atoms with van der Waals surface area (Å²) in [6.45, 7) is 0. The summed E-state index contributed by atoms with van der Waals surface area (Å²) >= 11 is 33.2. The number of benzene rings is 2. The molecule has 0 radical (unpaired) electrons. The van der Waals surface area contributed by atoms with Crippen LogP contribution in [0.25, 0.3) is 0 Å². The Bertz CT molecular complexity index is 705. The van der Waals surface area contributed by atoms with Gasteiger partial charge in [0.15, 0.2) is 0 Å². The third-order valence-corrected chi connectivity index (χ3v) is 4.05. The average Bonchev–Trinajstić information content (AvgIpc) is 2.35. The molecule has 0 amide bonds. The number of rotatable bonds is 2. The van der Waals surface area contributed by atoms with E-state index in [4.69, 9.17) is 69.6 Å². The topological polar surface area (TPSA) is 80.3 Å². The van der Waals surface area contributed by atoms with Gasteiger partial charge in [-0.05, 0) is 24.3 Å².